The molecule has 0 aliphatic rings. The van der Waals surface area contributed by atoms with Crippen LogP contribution in [0.5, 0.6) is 0 Å². The Morgan fingerprint density at radius 2 is 1.37 bits per heavy atom. The second kappa shape index (κ2) is 18.8. The van der Waals surface area contributed by atoms with Crippen molar-refractivity contribution in [1.82, 2.24) is 31.7 Å². The molecular formula is C34H52N8O9. The van der Waals surface area contributed by atoms with E-state index < -0.39 is 96.0 Å². The van der Waals surface area contributed by atoms with Crippen LogP contribution in [0, 0.1) is 11.8 Å². The fourth-order valence-electron chi connectivity index (χ4n) is 5.18. The number of hydrogen-bond donors (Lipinski definition) is 9. The zero-order chi connectivity index (χ0) is 38.6. The zero-order valence-corrected chi connectivity index (χ0v) is 30.1. The molecule has 0 aliphatic carbocycles. The summed E-state index contributed by atoms with van der Waals surface area (Å²) < 4.78 is 5.34. The number of hydrogen-bond acceptors (Lipinski definition) is 10. The minimum atomic E-state index is -1.75. The summed E-state index contributed by atoms with van der Waals surface area (Å²) in [5.41, 5.74) is 8.84. The predicted molar refractivity (Wildman–Crippen MR) is 187 cm³/mol. The summed E-state index contributed by atoms with van der Waals surface area (Å²) in [4.78, 5) is 93.6. The van der Waals surface area contributed by atoms with E-state index in [0.29, 0.717) is 0 Å². The molecule has 0 saturated carbocycles. The van der Waals surface area contributed by atoms with E-state index in [9.17, 15) is 38.7 Å². The number of amides is 5. The van der Waals surface area contributed by atoms with Gasteiger partial charge in [0.25, 0.3) is 5.91 Å². The molecule has 1 aromatic carbocycles. The molecule has 0 aliphatic heterocycles. The lowest BCUT2D eigenvalue weighted by Crippen LogP contribution is -2.60. The molecule has 0 unspecified atom stereocenters. The van der Waals surface area contributed by atoms with Gasteiger partial charge < -0.3 is 41.8 Å². The standard InChI is InChI=1S/C34H52N8O9/c1-17(2)12-23(32(49)42-36)40-33(50)28(18(3)4)41-31(48)24(14-26(43)44)39-30(47)25(15-27(45)51-34(5,6)7)38-29(46)21(35)13-19-16-37-22-11-9-8-10-20(19)22/h8-11,16-18,21,23-25,28,37H,12-15,35-36H2,1-7H3,(H,38,46)(H,39,47)(H,40,50)(H,41,48)(H,42,49)(H,43,44)/t21-,23+,24+,25-,28-/m1/s1. The van der Waals surface area contributed by atoms with Crippen LogP contribution in [0.4, 0.5) is 0 Å². The highest BCUT2D eigenvalue weighted by Crippen LogP contribution is 2.19. The Labute approximate surface area is 296 Å². The lowest BCUT2D eigenvalue weighted by atomic mass is 9.99. The summed E-state index contributed by atoms with van der Waals surface area (Å²) in [6.07, 6.45) is 0.432. The van der Waals surface area contributed by atoms with Crippen LogP contribution in [0.1, 0.15) is 73.3 Å². The first-order valence-corrected chi connectivity index (χ1v) is 16.7. The predicted octanol–water partition coefficient (Wildman–Crippen LogP) is -0.125. The molecule has 1 heterocycles. The van der Waals surface area contributed by atoms with Gasteiger partial charge in [0.2, 0.25) is 23.6 Å². The Hall–Kier alpha value is -5.03. The van der Waals surface area contributed by atoms with Gasteiger partial charge in [-0.1, -0.05) is 45.9 Å². The van der Waals surface area contributed by atoms with Gasteiger partial charge in [-0.25, -0.2) is 5.84 Å². The monoisotopic (exact) mass is 716 g/mol. The lowest BCUT2D eigenvalue weighted by Gasteiger charge is -2.28. The number of H-pyrrole nitrogens is 1. The maximum absolute atomic E-state index is 13.6. The summed E-state index contributed by atoms with van der Waals surface area (Å²) in [6.45, 7) is 11.7. The van der Waals surface area contributed by atoms with Crippen LogP contribution in [0.15, 0.2) is 30.5 Å². The van der Waals surface area contributed by atoms with Gasteiger partial charge in [-0.05, 0) is 57.1 Å². The number of aliphatic carboxylic acids is 1. The fourth-order valence-corrected chi connectivity index (χ4v) is 5.18. The van der Waals surface area contributed by atoms with Gasteiger partial charge in [-0.15, -0.1) is 0 Å². The summed E-state index contributed by atoms with van der Waals surface area (Å²) in [5, 5.41) is 20.2. The van der Waals surface area contributed by atoms with Gasteiger partial charge in [-0.2, -0.15) is 0 Å². The molecule has 5 atom stereocenters. The summed E-state index contributed by atoms with van der Waals surface area (Å²) in [5.74, 6) is -1.91. The number of ether oxygens (including phenoxy) is 1. The number of nitrogens with two attached hydrogens (primary N) is 2. The third-order valence-electron chi connectivity index (χ3n) is 7.62. The number of nitrogens with one attached hydrogen (secondary N) is 6. The topological polar surface area (TPSA) is 277 Å². The smallest absolute Gasteiger partial charge is 0.308 e. The number of carbonyl (C=O) groups excluding carboxylic acids is 6. The average Bonchev–Trinajstić information content (AvgIpc) is 3.42. The maximum atomic E-state index is 13.6. The molecule has 2 rings (SSSR count). The third kappa shape index (κ3) is 13.7. The lowest BCUT2D eigenvalue weighted by molar-refractivity contribution is -0.156. The number of hydrazine groups is 1. The number of carboxylic acid groups (broad SMARTS) is 1. The van der Waals surface area contributed by atoms with Crippen LogP contribution >= 0.6 is 0 Å². The summed E-state index contributed by atoms with van der Waals surface area (Å²) >= 11 is 0. The second-order valence-corrected chi connectivity index (χ2v) is 14.1. The van der Waals surface area contributed by atoms with Crippen molar-refractivity contribution < 1.29 is 43.4 Å². The van der Waals surface area contributed by atoms with Gasteiger partial charge in [0.15, 0.2) is 0 Å². The van der Waals surface area contributed by atoms with Crippen molar-refractivity contribution in [2.45, 2.75) is 110 Å². The van der Waals surface area contributed by atoms with Crippen molar-refractivity contribution in [2.75, 3.05) is 0 Å². The van der Waals surface area contributed by atoms with Crippen LogP contribution in [0.25, 0.3) is 10.9 Å². The van der Waals surface area contributed by atoms with Gasteiger partial charge in [0, 0.05) is 17.1 Å². The molecule has 17 nitrogen and oxygen atoms in total. The molecular weight excluding hydrogens is 664 g/mol. The molecule has 0 bridgehead atoms. The minimum Gasteiger partial charge on any atom is -0.481 e. The van der Waals surface area contributed by atoms with Crippen LogP contribution in [0.2, 0.25) is 0 Å². The molecule has 282 valence electrons. The molecule has 0 saturated heterocycles. The minimum absolute atomic E-state index is 0.00737. The van der Waals surface area contributed by atoms with E-state index in [1.165, 1.54) is 0 Å². The number of aromatic nitrogens is 1. The van der Waals surface area contributed by atoms with E-state index in [2.05, 4.69) is 26.3 Å². The molecule has 17 heteroatoms. The Morgan fingerprint density at radius 3 is 1.94 bits per heavy atom. The highest BCUT2D eigenvalue weighted by atomic mass is 16.6. The molecule has 0 radical (unpaired) electrons. The van der Waals surface area contributed by atoms with Crippen LogP contribution in [0.3, 0.4) is 0 Å². The molecule has 0 spiro atoms. The highest BCUT2D eigenvalue weighted by molar-refractivity contribution is 5.98. The van der Waals surface area contributed by atoms with Crippen molar-refractivity contribution in [3.8, 4) is 0 Å². The molecule has 5 amide bonds. The van der Waals surface area contributed by atoms with E-state index in [1.807, 2.05) is 43.5 Å². The van der Waals surface area contributed by atoms with Crippen molar-refractivity contribution in [3.63, 3.8) is 0 Å². The summed E-state index contributed by atoms with van der Waals surface area (Å²) in [6, 6.07) is 0.569. The Kier molecular flexibility index (Phi) is 15.5. The van der Waals surface area contributed by atoms with Gasteiger partial charge in [-0.3, -0.25) is 39.0 Å². The van der Waals surface area contributed by atoms with E-state index >= 15 is 0 Å². The van der Waals surface area contributed by atoms with Gasteiger partial charge in [0.1, 0.15) is 29.8 Å². The number of carboxylic acids is 1. The van der Waals surface area contributed by atoms with E-state index in [-0.39, 0.29) is 18.8 Å². The number of para-hydroxylation sites is 1. The number of fused-ring (bicyclic) bond motifs is 1. The largest absolute Gasteiger partial charge is 0.481 e. The number of benzene rings is 1. The number of aromatic amines is 1. The Balaban J connectivity index is 2.29. The van der Waals surface area contributed by atoms with Crippen LogP contribution in [-0.2, 0) is 44.7 Å². The molecule has 2 aromatic rings. The van der Waals surface area contributed by atoms with Crippen molar-refractivity contribution in [2.24, 2.45) is 23.4 Å². The van der Waals surface area contributed by atoms with Crippen molar-refractivity contribution in [1.29, 1.82) is 0 Å². The van der Waals surface area contributed by atoms with E-state index in [1.54, 1.807) is 40.8 Å². The first kappa shape index (κ1) is 42.1. The fraction of sp³-hybridized carbons (Fsp3) is 0.559. The SMILES string of the molecule is CC(C)C[C@H](NC(=O)[C@H](NC(=O)[C@H](CC(=O)O)NC(=O)[C@@H](CC(=O)OC(C)(C)C)NC(=O)[C@H](N)Cc1c[nH]c2ccccc12)C(C)C)C(=O)NN. The van der Waals surface area contributed by atoms with Gasteiger partial charge >= 0.3 is 11.9 Å². The van der Waals surface area contributed by atoms with E-state index in [4.69, 9.17) is 16.3 Å². The van der Waals surface area contributed by atoms with Crippen LogP contribution in [-0.4, -0.2) is 87.4 Å². The molecule has 11 N–H and O–H groups in total. The molecule has 0 fully saturated rings. The first-order chi connectivity index (χ1) is 23.7. The zero-order valence-electron chi connectivity index (χ0n) is 30.1. The normalized spacial score (nSPS) is 14.5. The summed E-state index contributed by atoms with van der Waals surface area (Å²) in [7, 11) is 0. The Bertz CT molecular complexity index is 1570. The average molecular weight is 717 g/mol. The second-order valence-electron chi connectivity index (χ2n) is 14.1. The third-order valence-corrected chi connectivity index (χ3v) is 7.62. The quantitative estimate of drug-likeness (QED) is 0.0424. The van der Waals surface area contributed by atoms with Gasteiger partial charge in [0.05, 0.1) is 18.9 Å². The molecule has 1 aromatic heterocycles. The molecule has 51 heavy (non-hydrogen) atoms. The van der Waals surface area contributed by atoms with Crippen LogP contribution < -0.4 is 38.3 Å². The van der Waals surface area contributed by atoms with Crippen molar-refractivity contribution >= 4 is 52.4 Å². The van der Waals surface area contributed by atoms with E-state index in [0.717, 1.165) is 16.5 Å². The number of carbonyl (C=O) groups is 7. The first-order valence-electron chi connectivity index (χ1n) is 16.7. The maximum Gasteiger partial charge on any atom is 0.308 e. The Morgan fingerprint density at radius 1 is 0.804 bits per heavy atom. The highest BCUT2D eigenvalue weighted by Gasteiger charge is 2.35. The number of esters is 1. The number of rotatable bonds is 18. The van der Waals surface area contributed by atoms with Crippen molar-refractivity contribution in [3.05, 3.63) is 36.0 Å².